The van der Waals surface area contributed by atoms with Gasteiger partial charge in [-0.2, -0.15) is 0 Å². The second kappa shape index (κ2) is 7.50. The summed E-state index contributed by atoms with van der Waals surface area (Å²) in [6.45, 7) is 0.802. The summed E-state index contributed by atoms with van der Waals surface area (Å²) in [5.74, 6) is -1.97. The fourth-order valence-electron chi connectivity index (χ4n) is 4.16. The Morgan fingerprint density at radius 3 is 2.46 bits per heavy atom. The molecule has 2 aliphatic heterocycles. The molecule has 0 spiro atoms. The molecule has 6 N–H and O–H groups in total. The minimum absolute atomic E-state index is 0.0313. The zero-order valence-corrected chi connectivity index (χ0v) is 15.5. The number of rotatable bonds is 4. The Morgan fingerprint density at radius 2 is 1.86 bits per heavy atom. The molecule has 9 unspecified atom stereocenters. The van der Waals surface area contributed by atoms with Gasteiger partial charge in [-0.1, -0.05) is 0 Å². The van der Waals surface area contributed by atoms with Crippen LogP contribution in [0.1, 0.15) is 19.8 Å². The fourth-order valence-corrected chi connectivity index (χ4v) is 4.16. The predicted molar refractivity (Wildman–Crippen MR) is 88.1 cm³/mol. The van der Waals surface area contributed by atoms with Crippen molar-refractivity contribution in [1.29, 1.82) is 0 Å². The normalized spacial score (nSPS) is 48.4. The molecule has 1 saturated heterocycles. The van der Waals surface area contributed by atoms with Gasteiger partial charge in [0.15, 0.2) is 6.29 Å². The highest BCUT2D eigenvalue weighted by molar-refractivity contribution is 5.90. The van der Waals surface area contributed by atoms with E-state index in [4.69, 9.17) is 14.2 Å². The van der Waals surface area contributed by atoms with Gasteiger partial charge >= 0.3 is 5.97 Å². The van der Waals surface area contributed by atoms with Gasteiger partial charge in [-0.05, 0) is 19.8 Å². The first-order valence-corrected chi connectivity index (χ1v) is 8.92. The van der Waals surface area contributed by atoms with Gasteiger partial charge in [0.1, 0.15) is 35.6 Å². The molecule has 11 nitrogen and oxygen atoms in total. The Hall–Kier alpha value is -1.31. The quantitative estimate of drug-likeness (QED) is 0.264. The smallest absolute Gasteiger partial charge is 0.339 e. The Balaban J connectivity index is 1.88. The largest absolute Gasteiger partial charge is 0.471 e. The van der Waals surface area contributed by atoms with E-state index in [0.717, 1.165) is 13.4 Å². The SMILES string of the molecule is COC(=O)C1=COC(OC2OC(CO)C(O)C(O)C2O)C2C(C)(O)CCC12O. The lowest BCUT2D eigenvalue weighted by molar-refractivity contribution is -0.351. The minimum atomic E-state index is -1.81. The van der Waals surface area contributed by atoms with Crippen molar-refractivity contribution in [3.63, 3.8) is 0 Å². The molecule has 0 amide bonds. The molecular formula is C17H26O11. The summed E-state index contributed by atoms with van der Waals surface area (Å²) < 4.78 is 20.9. The Morgan fingerprint density at radius 1 is 1.18 bits per heavy atom. The third-order valence-corrected chi connectivity index (χ3v) is 5.78. The van der Waals surface area contributed by atoms with Crippen LogP contribution < -0.4 is 0 Å². The zero-order valence-electron chi connectivity index (χ0n) is 15.5. The maximum Gasteiger partial charge on any atom is 0.339 e. The van der Waals surface area contributed by atoms with Crippen LogP contribution in [0, 0.1) is 5.92 Å². The van der Waals surface area contributed by atoms with Crippen molar-refractivity contribution >= 4 is 5.97 Å². The topological polar surface area (TPSA) is 175 Å². The number of hydrogen-bond acceptors (Lipinski definition) is 11. The number of hydrogen-bond donors (Lipinski definition) is 6. The molecule has 2 heterocycles. The molecule has 3 aliphatic rings. The molecule has 0 bridgehead atoms. The van der Waals surface area contributed by atoms with Crippen LogP contribution in [0.2, 0.25) is 0 Å². The number of carbonyl (C=O) groups is 1. The molecular weight excluding hydrogens is 380 g/mol. The fraction of sp³-hybridized carbons (Fsp3) is 0.824. The van der Waals surface area contributed by atoms with Crippen LogP contribution in [-0.2, 0) is 23.7 Å². The zero-order chi connectivity index (χ0) is 20.9. The predicted octanol–water partition coefficient (Wildman–Crippen LogP) is -2.89. The molecule has 0 aromatic heterocycles. The molecule has 9 atom stereocenters. The average molecular weight is 406 g/mol. The van der Waals surface area contributed by atoms with E-state index in [1.165, 1.54) is 6.92 Å². The van der Waals surface area contributed by atoms with Crippen LogP contribution in [0.5, 0.6) is 0 Å². The molecule has 160 valence electrons. The Kier molecular flexibility index (Phi) is 5.73. The van der Waals surface area contributed by atoms with Crippen molar-refractivity contribution in [3.05, 3.63) is 11.8 Å². The monoisotopic (exact) mass is 406 g/mol. The molecule has 0 aromatic carbocycles. The number of carbonyl (C=O) groups excluding carboxylic acids is 1. The van der Waals surface area contributed by atoms with Crippen LogP contribution in [0.25, 0.3) is 0 Å². The van der Waals surface area contributed by atoms with Crippen molar-refractivity contribution in [2.75, 3.05) is 13.7 Å². The maximum atomic E-state index is 12.0. The van der Waals surface area contributed by atoms with E-state index in [1.807, 2.05) is 0 Å². The highest BCUT2D eigenvalue weighted by atomic mass is 16.8. The van der Waals surface area contributed by atoms with Crippen molar-refractivity contribution in [2.24, 2.45) is 5.92 Å². The Labute approximate surface area is 160 Å². The van der Waals surface area contributed by atoms with Crippen molar-refractivity contribution < 1.29 is 54.4 Å². The van der Waals surface area contributed by atoms with Crippen LogP contribution in [0.4, 0.5) is 0 Å². The van der Waals surface area contributed by atoms with Crippen LogP contribution in [-0.4, -0.2) is 98.5 Å². The maximum absolute atomic E-state index is 12.0. The summed E-state index contributed by atoms with van der Waals surface area (Å²) in [5, 5.41) is 61.1. The highest BCUT2D eigenvalue weighted by Gasteiger charge is 2.64. The highest BCUT2D eigenvalue weighted by Crippen LogP contribution is 2.52. The van der Waals surface area contributed by atoms with E-state index in [9.17, 15) is 35.4 Å². The molecule has 1 saturated carbocycles. The van der Waals surface area contributed by atoms with Gasteiger partial charge < -0.3 is 49.6 Å². The van der Waals surface area contributed by atoms with Crippen LogP contribution in [0.15, 0.2) is 11.8 Å². The molecule has 3 rings (SSSR count). The van der Waals surface area contributed by atoms with E-state index < -0.39 is 66.7 Å². The van der Waals surface area contributed by atoms with E-state index in [2.05, 4.69) is 4.74 Å². The summed E-state index contributed by atoms with van der Waals surface area (Å²) in [6.07, 6.45) is -7.88. The first-order chi connectivity index (χ1) is 13.1. The van der Waals surface area contributed by atoms with Gasteiger partial charge in [0, 0.05) is 0 Å². The summed E-state index contributed by atoms with van der Waals surface area (Å²) in [5.41, 5.74) is -3.49. The lowest BCUT2D eigenvalue weighted by Crippen LogP contribution is -2.62. The first kappa shape index (κ1) is 21.4. The lowest BCUT2D eigenvalue weighted by atomic mass is 9.77. The standard InChI is InChI=1S/C17H26O11/c1-16(23)3-4-17(24)7(13(22)25-2)6-26-15(12(16)17)28-14-11(21)10(20)9(19)8(5-18)27-14/h6,8-12,14-15,18-21,23-24H,3-5H2,1-2H3. The number of fused-ring (bicyclic) bond motifs is 1. The third-order valence-electron chi connectivity index (χ3n) is 5.78. The molecule has 0 radical (unpaired) electrons. The van der Waals surface area contributed by atoms with Crippen molar-refractivity contribution in [2.45, 2.75) is 68.0 Å². The van der Waals surface area contributed by atoms with Gasteiger partial charge in [-0.15, -0.1) is 0 Å². The summed E-state index contributed by atoms with van der Waals surface area (Å²) >= 11 is 0. The van der Waals surface area contributed by atoms with Crippen molar-refractivity contribution in [3.8, 4) is 0 Å². The second-order valence-electron chi connectivity index (χ2n) is 7.62. The summed E-state index contributed by atoms with van der Waals surface area (Å²) in [6, 6.07) is 0. The van der Waals surface area contributed by atoms with Gasteiger partial charge in [0.2, 0.25) is 6.29 Å². The average Bonchev–Trinajstić information content (AvgIpc) is 2.92. The van der Waals surface area contributed by atoms with E-state index in [0.29, 0.717) is 0 Å². The lowest BCUT2D eigenvalue weighted by Gasteiger charge is -2.46. The molecule has 11 heteroatoms. The van der Waals surface area contributed by atoms with Crippen LogP contribution in [0.3, 0.4) is 0 Å². The first-order valence-electron chi connectivity index (χ1n) is 8.92. The van der Waals surface area contributed by atoms with E-state index in [-0.39, 0.29) is 18.4 Å². The minimum Gasteiger partial charge on any atom is -0.471 e. The molecule has 2 fully saturated rings. The summed E-state index contributed by atoms with van der Waals surface area (Å²) in [7, 11) is 1.14. The van der Waals surface area contributed by atoms with Gasteiger partial charge in [0.25, 0.3) is 0 Å². The molecule has 28 heavy (non-hydrogen) atoms. The van der Waals surface area contributed by atoms with E-state index in [1.54, 1.807) is 0 Å². The Bertz CT molecular complexity index is 633. The number of ether oxygens (including phenoxy) is 4. The van der Waals surface area contributed by atoms with Gasteiger partial charge in [-0.25, -0.2) is 4.79 Å². The van der Waals surface area contributed by atoms with Crippen molar-refractivity contribution in [1.82, 2.24) is 0 Å². The third kappa shape index (κ3) is 3.31. The van der Waals surface area contributed by atoms with Crippen LogP contribution >= 0.6 is 0 Å². The molecule has 0 aromatic rings. The molecule has 1 aliphatic carbocycles. The van der Waals surface area contributed by atoms with Gasteiger partial charge in [0.05, 0.1) is 31.5 Å². The number of aliphatic hydroxyl groups is 6. The number of methoxy groups -OCH3 is 1. The summed E-state index contributed by atoms with van der Waals surface area (Å²) in [4.78, 5) is 12.0. The number of aliphatic hydroxyl groups excluding tert-OH is 4. The van der Waals surface area contributed by atoms with Gasteiger partial charge in [-0.3, -0.25) is 0 Å². The van der Waals surface area contributed by atoms with E-state index >= 15 is 0 Å². The second-order valence-corrected chi connectivity index (χ2v) is 7.62. The number of esters is 1.